The van der Waals surface area contributed by atoms with E-state index in [0.29, 0.717) is 6.29 Å². The fourth-order valence-corrected chi connectivity index (χ4v) is 0.912. The van der Waals surface area contributed by atoms with Gasteiger partial charge in [0.1, 0.15) is 6.29 Å². The largest absolute Gasteiger partial charge is 0.465 e. The smallest absolute Gasteiger partial charge is 0.305 e. The number of aldehydes is 1. The highest BCUT2D eigenvalue weighted by Gasteiger charge is 2.27. The minimum Gasteiger partial charge on any atom is -0.465 e. The summed E-state index contributed by atoms with van der Waals surface area (Å²) in [5.41, 5.74) is -0.925. The molecule has 0 amide bonds. The third-order valence-electron chi connectivity index (χ3n) is 2.06. The maximum Gasteiger partial charge on any atom is 0.305 e. The summed E-state index contributed by atoms with van der Waals surface area (Å²) >= 11 is 0. The fraction of sp³-hybridized carbons (Fsp3) is 0.778. The van der Waals surface area contributed by atoms with E-state index in [-0.39, 0.29) is 31.0 Å². The van der Waals surface area contributed by atoms with Gasteiger partial charge in [-0.2, -0.15) is 0 Å². The molecular weight excluding hydrogens is 216 g/mol. The van der Waals surface area contributed by atoms with Crippen LogP contribution in [0.5, 0.6) is 0 Å². The van der Waals surface area contributed by atoms with Crippen molar-refractivity contribution in [3.8, 4) is 0 Å². The molecule has 0 saturated heterocycles. The molecule has 16 heavy (non-hydrogen) atoms. The highest BCUT2D eigenvalue weighted by molar-refractivity contribution is 5.69. The number of esters is 1. The lowest BCUT2D eigenvalue weighted by Crippen LogP contribution is -2.38. The Bertz CT molecular complexity index is 254. The van der Waals surface area contributed by atoms with Crippen LogP contribution in [0.3, 0.4) is 0 Å². The summed E-state index contributed by atoms with van der Waals surface area (Å²) in [5.74, 6) is -0.478. The molecule has 7 nitrogen and oxygen atoms in total. The van der Waals surface area contributed by atoms with Gasteiger partial charge in [0.05, 0.1) is 17.4 Å². The first-order valence-corrected chi connectivity index (χ1v) is 4.85. The molecule has 0 radical (unpaired) electrons. The number of nitroso groups, excluding NO2 is 1. The molecule has 0 unspecified atom stereocenters. The Labute approximate surface area is 93.3 Å². The fourth-order valence-electron chi connectivity index (χ4n) is 0.912. The van der Waals surface area contributed by atoms with Crippen molar-refractivity contribution in [3.63, 3.8) is 0 Å². The molecule has 92 valence electrons. The molecule has 0 aromatic carbocycles. The lowest BCUT2D eigenvalue weighted by atomic mass is 9.99. The third-order valence-corrected chi connectivity index (χ3v) is 2.06. The van der Waals surface area contributed by atoms with Gasteiger partial charge in [-0.3, -0.25) is 10.0 Å². The van der Waals surface area contributed by atoms with E-state index in [9.17, 15) is 14.5 Å². The van der Waals surface area contributed by atoms with Crippen LogP contribution in [-0.4, -0.2) is 34.8 Å². The molecule has 0 bridgehead atoms. The summed E-state index contributed by atoms with van der Waals surface area (Å²) in [7, 11) is 0. The quantitative estimate of drug-likeness (QED) is 0.221. The summed E-state index contributed by atoms with van der Waals surface area (Å²) in [6.45, 7) is 3.18. The van der Waals surface area contributed by atoms with Gasteiger partial charge in [0, 0.05) is 12.8 Å². The second kappa shape index (κ2) is 6.89. The first-order chi connectivity index (χ1) is 7.44. The molecule has 0 saturated carbocycles. The minimum absolute atomic E-state index is 0.0401. The number of carbonyl (C=O) groups is 2. The van der Waals surface area contributed by atoms with Crippen LogP contribution in [0.1, 0.15) is 33.1 Å². The molecule has 0 aliphatic carbocycles. The van der Waals surface area contributed by atoms with E-state index >= 15 is 0 Å². The second-order valence-electron chi connectivity index (χ2n) is 3.86. The summed E-state index contributed by atoms with van der Waals surface area (Å²) < 4.78 is 4.71. The van der Waals surface area contributed by atoms with Gasteiger partial charge < -0.3 is 9.53 Å². The van der Waals surface area contributed by atoms with Gasteiger partial charge in [-0.1, -0.05) is 0 Å². The molecule has 0 fully saturated rings. The SMILES string of the molecule is CC(C)(CCC(=O)OCCC=O)N(O)N=O. The monoisotopic (exact) mass is 232 g/mol. The van der Waals surface area contributed by atoms with Crippen LogP contribution >= 0.6 is 0 Å². The molecule has 7 heteroatoms. The van der Waals surface area contributed by atoms with Gasteiger partial charge in [-0.25, -0.2) is 0 Å². The van der Waals surface area contributed by atoms with E-state index in [1.807, 2.05) is 0 Å². The van der Waals surface area contributed by atoms with Gasteiger partial charge in [-0.05, 0) is 20.3 Å². The number of rotatable bonds is 8. The standard InChI is InChI=1S/C9H16N2O5/c1-9(2,11(15)10-14)5-4-8(13)16-7-3-6-12/h6,15H,3-5,7H2,1-2H3. The third kappa shape index (κ3) is 5.40. The van der Waals surface area contributed by atoms with Crippen molar-refractivity contribution in [3.05, 3.63) is 4.91 Å². The first kappa shape index (κ1) is 14.5. The molecule has 1 N–H and O–H groups in total. The van der Waals surface area contributed by atoms with E-state index in [2.05, 4.69) is 5.29 Å². The number of hydrogen-bond acceptors (Lipinski definition) is 6. The van der Waals surface area contributed by atoms with Gasteiger partial charge >= 0.3 is 5.97 Å². The zero-order valence-corrected chi connectivity index (χ0v) is 9.38. The van der Waals surface area contributed by atoms with Crippen LogP contribution < -0.4 is 0 Å². The molecule has 0 atom stereocenters. The van der Waals surface area contributed by atoms with Crippen molar-refractivity contribution in [1.29, 1.82) is 0 Å². The molecule has 0 heterocycles. The van der Waals surface area contributed by atoms with Crippen molar-refractivity contribution in [2.24, 2.45) is 5.29 Å². The van der Waals surface area contributed by atoms with Gasteiger partial charge in [-0.15, -0.1) is 10.1 Å². The van der Waals surface area contributed by atoms with E-state index in [1.165, 1.54) is 0 Å². The molecule has 0 aliphatic rings. The Hall–Kier alpha value is -1.50. The van der Waals surface area contributed by atoms with Crippen molar-refractivity contribution < 1.29 is 19.5 Å². The van der Waals surface area contributed by atoms with Crippen LogP contribution in [0, 0.1) is 4.91 Å². The predicted octanol–water partition coefficient (Wildman–Crippen LogP) is 1.05. The number of hydroxylamine groups is 1. The van der Waals surface area contributed by atoms with Crippen LogP contribution in [0.25, 0.3) is 0 Å². The Balaban J connectivity index is 3.90. The number of ether oxygens (including phenoxy) is 1. The van der Waals surface area contributed by atoms with Crippen molar-refractivity contribution in [2.75, 3.05) is 6.61 Å². The molecular formula is C9H16N2O5. The van der Waals surface area contributed by atoms with Crippen LogP contribution in [0.15, 0.2) is 5.29 Å². The zero-order chi connectivity index (χ0) is 12.6. The maximum atomic E-state index is 11.1. The Morgan fingerprint density at radius 1 is 1.56 bits per heavy atom. The van der Waals surface area contributed by atoms with Gasteiger partial charge in [0.2, 0.25) is 0 Å². The van der Waals surface area contributed by atoms with E-state index < -0.39 is 11.5 Å². The molecule has 0 aromatic rings. The highest BCUT2D eigenvalue weighted by Crippen LogP contribution is 2.19. The van der Waals surface area contributed by atoms with Gasteiger partial charge in [0.25, 0.3) is 0 Å². The average Bonchev–Trinajstić information content (AvgIpc) is 2.25. The highest BCUT2D eigenvalue weighted by atomic mass is 16.6. The Morgan fingerprint density at radius 3 is 2.69 bits per heavy atom. The van der Waals surface area contributed by atoms with Crippen LogP contribution in [0.4, 0.5) is 0 Å². The lowest BCUT2D eigenvalue weighted by Gasteiger charge is -2.27. The zero-order valence-electron chi connectivity index (χ0n) is 9.38. The number of hydrogen-bond donors (Lipinski definition) is 1. The van der Waals surface area contributed by atoms with E-state index in [0.717, 1.165) is 0 Å². The minimum atomic E-state index is -0.925. The van der Waals surface area contributed by atoms with E-state index in [1.54, 1.807) is 13.8 Å². The summed E-state index contributed by atoms with van der Waals surface area (Å²) in [6.07, 6.45) is 1.08. The maximum absolute atomic E-state index is 11.1. The van der Waals surface area contributed by atoms with Gasteiger partial charge in [0.15, 0.2) is 0 Å². The van der Waals surface area contributed by atoms with Crippen molar-refractivity contribution in [2.45, 2.75) is 38.6 Å². The topological polar surface area (TPSA) is 96.3 Å². The normalized spacial score (nSPS) is 10.7. The van der Waals surface area contributed by atoms with Crippen LogP contribution in [0.2, 0.25) is 0 Å². The Morgan fingerprint density at radius 2 is 2.19 bits per heavy atom. The second-order valence-corrected chi connectivity index (χ2v) is 3.86. The Kier molecular flexibility index (Phi) is 6.24. The van der Waals surface area contributed by atoms with Crippen LogP contribution in [-0.2, 0) is 14.3 Å². The molecule has 0 aliphatic heterocycles. The summed E-state index contributed by atoms with van der Waals surface area (Å²) in [4.78, 5) is 31.2. The molecule has 0 aromatic heterocycles. The lowest BCUT2D eigenvalue weighted by molar-refractivity contribution is -0.169. The molecule has 0 spiro atoms. The molecule has 0 rings (SSSR count). The number of nitrogens with zero attached hydrogens (tertiary/aromatic N) is 2. The summed E-state index contributed by atoms with van der Waals surface area (Å²) in [6, 6.07) is 0. The first-order valence-electron chi connectivity index (χ1n) is 4.85. The summed E-state index contributed by atoms with van der Waals surface area (Å²) in [5, 5.41) is 11.7. The van der Waals surface area contributed by atoms with Crippen molar-refractivity contribution >= 4 is 12.3 Å². The van der Waals surface area contributed by atoms with E-state index in [4.69, 9.17) is 9.94 Å². The number of carbonyl (C=O) groups excluding carboxylic acids is 2. The predicted molar refractivity (Wildman–Crippen MR) is 54.4 cm³/mol. The average molecular weight is 232 g/mol. The van der Waals surface area contributed by atoms with Crippen molar-refractivity contribution in [1.82, 2.24) is 5.17 Å².